The number of hydrogen-bond donors (Lipinski definition) is 1. The maximum Gasteiger partial charge on any atom is 0.326 e. The van der Waals surface area contributed by atoms with Crippen LogP contribution in [0.4, 0.5) is 4.79 Å². The van der Waals surface area contributed by atoms with E-state index in [2.05, 4.69) is 24.4 Å². The van der Waals surface area contributed by atoms with Gasteiger partial charge in [0.2, 0.25) is 0 Å². The van der Waals surface area contributed by atoms with Crippen molar-refractivity contribution in [3.8, 4) is 0 Å². The number of nitrogens with zero attached hydrogens (tertiary/aromatic N) is 2. The van der Waals surface area contributed by atoms with E-state index in [1.807, 2.05) is 24.1 Å². The molecule has 1 aromatic rings. The SMILES string of the molecule is Cc1ccccc1CN(C)CN1C(=O)NC2(CCCCC2)C1=O. The molecule has 0 radical (unpaired) electrons. The van der Waals surface area contributed by atoms with E-state index in [0.29, 0.717) is 6.67 Å². The van der Waals surface area contributed by atoms with E-state index in [1.165, 1.54) is 16.0 Å². The summed E-state index contributed by atoms with van der Waals surface area (Å²) in [7, 11) is 1.94. The Morgan fingerprint density at radius 1 is 1.17 bits per heavy atom. The van der Waals surface area contributed by atoms with E-state index in [4.69, 9.17) is 0 Å². The highest BCUT2D eigenvalue weighted by molar-refractivity contribution is 6.07. The number of benzene rings is 1. The summed E-state index contributed by atoms with van der Waals surface area (Å²) >= 11 is 0. The number of rotatable bonds is 4. The third-order valence-electron chi connectivity index (χ3n) is 5.04. The molecule has 1 aliphatic carbocycles. The molecular weight excluding hydrogens is 290 g/mol. The monoisotopic (exact) mass is 315 g/mol. The Labute approximate surface area is 137 Å². The van der Waals surface area contributed by atoms with Gasteiger partial charge in [-0.25, -0.2) is 9.69 Å². The summed E-state index contributed by atoms with van der Waals surface area (Å²) in [5.74, 6) is -0.0427. The van der Waals surface area contributed by atoms with Crippen molar-refractivity contribution >= 4 is 11.9 Å². The maximum absolute atomic E-state index is 12.8. The molecule has 1 N–H and O–H groups in total. The zero-order valence-corrected chi connectivity index (χ0v) is 14.0. The van der Waals surface area contributed by atoms with Crippen molar-refractivity contribution < 1.29 is 9.59 Å². The summed E-state index contributed by atoms with van der Waals surface area (Å²) in [5.41, 5.74) is 1.81. The molecule has 3 amide bonds. The molecule has 23 heavy (non-hydrogen) atoms. The molecule has 5 heteroatoms. The number of carbonyl (C=O) groups is 2. The van der Waals surface area contributed by atoms with Crippen LogP contribution in [0, 0.1) is 6.92 Å². The van der Waals surface area contributed by atoms with Gasteiger partial charge in [-0.05, 0) is 37.9 Å². The second-order valence-corrected chi connectivity index (χ2v) is 6.89. The van der Waals surface area contributed by atoms with Crippen LogP contribution in [0.15, 0.2) is 24.3 Å². The summed E-state index contributed by atoms with van der Waals surface area (Å²) in [5, 5.41) is 2.96. The Hall–Kier alpha value is -1.88. The van der Waals surface area contributed by atoms with Crippen molar-refractivity contribution in [1.82, 2.24) is 15.1 Å². The standard InChI is InChI=1S/C18H25N3O2/c1-14-8-4-5-9-15(14)12-20(2)13-21-16(22)18(19-17(21)23)10-6-3-7-11-18/h4-5,8-9H,3,6-7,10-13H2,1-2H3,(H,19,23). The van der Waals surface area contributed by atoms with E-state index in [9.17, 15) is 9.59 Å². The summed E-state index contributed by atoms with van der Waals surface area (Å²) < 4.78 is 0. The van der Waals surface area contributed by atoms with Gasteiger partial charge < -0.3 is 5.32 Å². The minimum Gasteiger partial charge on any atom is -0.323 e. The van der Waals surface area contributed by atoms with Gasteiger partial charge in [-0.3, -0.25) is 9.69 Å². The lowest BCUT2D eigenvalue weighted by Gasteiger charge is -2.31. The van der Waals surface area contributed by atoms with Crippen molar-refractivity contribution in [3.05, 3.63) is 35.4 Å². The average molecular weight is 315 g/mol. The Balaban J connectivity index is 1.66. The second-order valence-electron chi connectivity index (χ2n) is 6.89. The van der Waals surface area contributed by atoms with Gasteiger partial charge in [0, 0.05) is 6.54 Å². The summed E-state index contributed by atoms with van der Waals surface area (Å²) in [6.07, 6.45) is 4.72. The molecule has 2 fully saturated rings. The number of aryl methyl sites for hydroxylation is 1. The van der Waals surface area contributed by atoms with Crippen molar-refractivity contribution in [2.75, 3.05) is 13.7 Å². The quantitative estimate of drug-likeness (QED) is 0.869. The molecule has 0 unspecified atom stereocenters. The van der Waals surface area contributed by atoms with Crippen LogP contribution < -0.4 is 5.32 Å². The van der Waals surface area contributed by atoms with Gasteiger partial charge >= 0.3 is 6.03 Å². The molecule has 1 heterocycles. The van der Waals surface area contributed by atoms with Crippen LogP contribution in [0.1, 0.15) is 43.2 Å². The molecule has 0 atom stereocenters. The highest BCUT2D eigenvalue weighted by atomic mass is 16.2. The van der Waals surface area contributed by atoms with Gasteiger partial charge in [-0.1, -0.05) is 43.5 Å². The molecule has 2 aliphatic rings. The zero-order chi connectivity index (χ0) is 16.4. The first kappa shape index (κ1) is 16.0. The average Bonchev–Trinajstić information content (AvgIpc) is 2.75. The Morgan fingerprint density at radius 3 is 2.57 bits per heavy atom. The molecule has 1 saturated heterocycles. The van der Waals surface area contributed by atoms with Gasteiger partial charge in [-0.15, -0.1) is 0 Å². The molecule has 1 spiro atoms. The van der Waals surface area contributed by atoms with Gasteiger partial charge in [-0.2, -0.15) is 0 Å². The van der Waals surface area contributed by atoms with Crippen LogP contribution in [-0.4, -0.2) is 41.0 Å². The first-order valence-electron chi connectivity index (χ1n) is 8.39. The number of imide groups is 1. The van der Waals surface area contributed by atoms with E-state index < -0.39 is 5.54 Å². The topological polar surface area (TPSA) is 52.6 Å². The fraction of sp³-hybridized carbons (Fsp3) is 0.556. The minimum atomic E-state index is -0.626. The summed E-state index contributed by atoms with van der Waals surface area (Å²) in [6.45, 7) is 3.13. The third-order valence-corrected chi connectivity index (χ3v) is 5.04. The normalized spacial score (nSPS) is 20.4. The number of hydrogen-bond acceptors (Lipinski definition) is 3. The molecule has 1 aliphatic heterocycles. The molecule has 1 saturated carbocycles. The lowest BCUT2D eigenvalue weighted by molar-refractivity contribution is -0.133. The van der Waals surface area contributed by atoms with Gasteiger partial charge in [0.1, 0.15) is 5.54 Å². The number of amides is 3. The van der Waals surface area contributed by atoms with Crippen LogP contribution in [0.5, 0.6) is 0 Å². The van der Waals surface area contributed by atoms with E-state index in [1.54, 1.807) is 0 Å². The number of carbonyl (C=O) groups excluding carboxylic acids is 2. The molecule has 0 aromatic heterocycles. The maximum atomic E-state index is 12.8. The van der Waals surface area contributed by atoms with Crippen LogP contribution in [-0.2, 0) is 11.3 Å². The molecule has 0 bridgehead atoms. The molecule has 1 aromatic carbocycles. The van der Waals surface area contributed by atoms with Crippen molar-refractivity contribution in [2.45, 2.75) is 51.1 Å². The van der Waals surface area contributed by atoms with Crippen LogP contribution >= 0.6 is 0 Å². The Kier molecular flexibility index (Phi) is 4.39. The number of urea groups is 1. The fourth-order valence-corrected chi connectivity index (χ4v) is 3.67. The lowest BCUT2D eigenvalue weighted by atomic mass is 9.82. The van der Waals surface area contributed by atoms with Crippen molar-refractivity contribution in [3.63, 3.8) is 0 Å². The summed E-state index contributed by atoms with van der Waals surface area (Å²) in [4.78, 5) is 28.4. The number of nitrogens with one attached hydrogen (secondary N) is 1. The van der Waals surface area contributed by atoms with Crippen LogP contribution in [0.3, 0.4) is 0 Å². The predicted octanol–water partition coefficient (Wildman–Crippen LogP) is 2.64. The third kappa shape index (κ3) is 3.11. The lowest BCUT2D eigenvalue weighted by Crippen LogP contribution is -2.48. The zero-order valence-electron chi connectivity index (χ0n) is 14.0. The Bertz CT molecular complexity index is 608. The highest BCUT2D eigenvalue weighted by Gasteiger charge is 2.51. The fourth-order valence-electron chi connectivity index (χ4n) is 3.67. The first-order valence-corrected chi connectivity index (χ1v) is 8.39. The second kappa shape index (κ2) is 6.32. The molecule has 124 valence electrons. The predicted molar refractivity (Wildman–Crippen MR) is 88.7 cm³/mol. The van der Waals surface area contributed by atoms with Crippen molar-refractivity contribution in [2.24, 2.45) is 0 Å². The van der Waals surface area contributed by atoms with Crippen LogP contribution in [0.2, 0.25) is 0 Å². The Morgan fingerprint density at radius 2 is 1.87 bits per heavy atom. The summed E-state index contributed by atoms with van der Waals surface area (Å²) in [6, 6.07) is 7.95. The highest BCUT2D eigenvalue weighted by Crippen LogP contribution is 2.33. The first-order chi connectivity index (χ1) is 11.0. The smallest absolute Gasteiger partial charge is 0.323 e. The minimum absolute atomic E-state index is 0.0427. The molecule has 3 rings (SSSR count). The van der Waals surface area contributed by atoms with Gasteiger partial charge in [0.25, 0.3) is 5.91 Å². The molecule has 5 nitrogen and oxygen atoms in total. The van der Waals surface area contributed by atoms with Gasteiger partial charge in [0.15, 0.2) is 0 Å². The van der Waals surface area contributed by atoms with E-state index in [-0.39, 0.29) is 11.9 Å². The molecular formula is C18H25N3O2. The largest absolute Gasteiger partial charge is 0.326 e. The van der Waals surface area contributed by atoms with Crippen molar-refractivity contribution in [1.29, 1.82) is 0 Å². The van der Waals surface area contributed by atoms with Gasteiger partial charge in [0.05, 0.1) is 6.67 Å². The van der Waals surface area contributed by atoms with E-state index in [0.717, 1.165) is 38.6 Å². The van der Waals surface area contributed by atoms with E-state index >= 15 is 0 Å². The van der Waals surface area contributed by atoms with Crippen LogP contribution in [0.25, 0.3) is 0 Å².